The number of likely N-dealkylation sites (tertiary alicyclic amines) is 1. The van der Waals surface area contributed by atoms with Crippen molar-refractivity contribution in [2.75, 3.05) is 13.1 Å². The Morgan fingerprint density at radius 3 is 2.62 bits per heavy atom. The van der Waals surface area contributed by atoms with Crippen molar-refractivity contribution in [3.8, 4) is 0 Å². The molecular weight excluding hydrogens is 333 g/mol. The Morgan fingerprint density at radius 2 is 1.85 bits per heavy atom. The van der Waals surface area contributed by atoms with Crippen molar-refractivity contribution in [2.24, 2.45) is 11.8 Å². The highest BCUT2D eigenvalue weighted by molar-refractivity contribution is 5.84. The van der Waals surface area contributed by atoms with Gasteiger partial charge >= 0.3 is 6.03 Å². The summed E-state index contributed by atoms with van der Waals surface area (Å²) in [6.07, 6.45) is 5.78. The van der Waals surface area contributed by atoms with E-state index >= 15 is 0 Å². The molecular formula is C20H28FN3O2. The van der Waals surface area contributed by atoms with Crippen molar-refractivity contribution in [3.05, 3.63) is 35.6 Å². The van der Waals surface area contributed by atoms with Crippen LogP contribution >= 0.6 is 0 Å². The second kappa shape index (κ2) is 8.52. The highest BCUT2D eigenvalue weighted by atomic mass is 19.1. The van der Waals surface area contributed by atoms with E-state index in [4.69, 9.17) is 0 Å². The van der Waals surface area contributed by atoms with Gasteiger partial charge in [0.05, 0.1) is 6.54 Å². The summed E-state index contributed by atoms with van der Waals surface area (Å²) in [7, 11) is 0. The van der Waals surface area contributed by atoms with Crippen LogP contribution in [0.5, 0.6) is 0 Å². The first-order valence-corrected chi connectivity index (χ1v) is 9.60. The van der Waals surface area contributed by atoms with Crippen LogP contribution in [-0.2, 0) is 11.3 Å². The molecule has 2 N–H and O–H groups in total. The Hall–Kier alpha value is -2.11. The SMILES string of the molecule is C[C@@H]1CCN(C(=O)CNC(=O)NCc2ccc(F)cc2)[C@H]2CCCC[C@H]12. The molecule has 26 heavy (non-hydrogen) atoms. The van der Waals surface area contributed by atoms with Gasteiger partial charge in [0.1, 0.15) is 5.82 Å². The van der Waals surface area contributed by atoms with E-state index in [-0.39, 0.29) is 24.3 Å². The van der Waals surface area contributed by atoms with E-state index in [2.05, 4.69) is 17.6 Å². The second-order valence-corrected chi connectivity index (χ2v) is 7.53. The minimum Gasteiger partial charge on any atom is -0.338 e. The number of fused-ring (bicyclic) bond motifs is 1. The molecule has 1 heterocycles. The van der Waals surface area contributed by atoms with Gasteiger partial charge in [-0.05, 0) is 48.8 Å². The Morgan fingerprint density at radius 1 is 1.12 bits per heavy atom. The summed E-state index contributed by atoms with van der Waals surface area (Å²) in [5.74, 6) is 0.983. The Balaban J connectivity index is 1.45. The number of piperidine rings is 1. The summed E-state index contributed by atoms with van der Waals surface area (Å²) in [5.41, 5.74) is 0.808. The molecule has 6 heteroatoms. The lowest BCUT2D eigenvalue weighted by Gasteiger charge is -2.47. The topological polar surface area (TPSA) is 61.4 Å². The molecule has 142 valence electrons. The third-order valence-electron chi connectivity index (χ3n) is 5.82. The predicted octanol–water partition coefficient (Wildman–Crippen LogP) is 3.05. The zero-order valence-electron chi connectivity index (χ0n) is 15.3. The van der Waals surface area contributed by atoms with Crippen molar-refractivity contribution in [3.63, 3.8) is 0 Å². The lowest BCUT2D eigenvalue weighted by atomic mass is 9.72. The molecule has 0 aromatic heterocycles. The molecule has 3 amide bonds. The van der Waals surface area contributed by atoms with Gasteiger partial charge in [0.25, 0.3) is 0 Å². The van der Waals surface area contributed by atoms with Gasteiger partial charge in [-0.2, -0.15) is 0 Å². The molecule has 0 bridgehead atoms. The first kappa shape index (κ1) is 18.7. The van der Waals surface area contributed by atoms with Crippen LogP contribution in [0.15, 0.2) is 24.3 Å². The van der Waals surface area contributed by atoms with Gasteiger partial charge in [-0.25, -0.2) is 9.18 Å². The van der Waals surface area contributed by atoms with Crippen molar-refractivity contribution < 1.29 is 14.0 Å². The van der Waals surface area contributed by atoms with Gasteiger partial charge in [-0.1, -0.05) is 31.9 Å². The molecule has 5 nitrogen and oxygen atoms in total. The fourth-order valence-corrected chi connectivity index (χ4v) is 4.33. The van der Waals surface area contributed by atoms with Crippen molar-refractivity contribution in [1.29, 1.82) is 0 Å². The smallest absolute Gasteiger partial charge is 0.315 e. The summed E-state index contributed by atoms with van der Waals surface area (Å²) in [4.78, 5) is 26.5. The third-order valence-corrected chi connectivity index (χ3v) is 5.82. The number of nitrogens with zero attached hydrogens (tertiary/aromatic N) is 1. The number of rotatable bonds is 4. The monoisotopic (exact) mass is 361 g/mol. The largest absolute Gasteiger partial charge is 0.338 e. The minimum atomic E-state index is -0.381. The molecule has 0 unspecified atom stereocenters. The first-order valence-electron chi connectivity index (χ1n) is 9.60. The van der Waals surface area contributed by atoms with Crippen LogP contribution in [0.2, 0.25) is 0 Å². The van der Waals surface area contributed by atoms with Gasteiger partial charge in [-0.15, -0.1) is 0 Å². The van der Waals surface area contributed by atoms with E-state index in [0.717, 1.165) is 24.9 Å². The fraction of sp³-hybridized carbons (Fsp3) is 0.600. The van der Waals surface area contributed by atoms with E-state index in [1.165, 1.54) is 31.4 Å². The average Bonchev–Trinajstić information content (AvgIpc) is 2.66. The molecule has 2 fully saturated rings. The lowest BCUT2D eigenvalue weighted by molar-refractivity contribution is -0.137. The van der Waals surface area contributed by atoms with Crippen LogP contribution in [0.4, 0.5) is 9.18 Å². The van der Waals surface area contributed by atoms with E-state index < -0.39 is 0 Å². The number of carbonyl (C=O) groups excluding carboxylic acids is 2. The molecule has 3 rings (SSSR count). The number of urea groups is 1. The maximum atomic E-state index is 12.9. The summed E-state index contributed by atoms with van der Waals surface area (Å²) in [6.45, 7) is 3.41. The number of hydrogen-bond acceptors (Lipinski definition) is 2. The summed E-state index contributed by atoms with van der Waals surface area (Å²) in [5, 5.41) is 5.35. The molecule has 1 aromatic carbocycles. The molecule has 2 aliphatic rings. The van der Waals surface area contributed by atoms with Gasteiger partial charge < -0.3 is 15.5 Å². The van der Waals surface area contributed by atoms with Crippen molar-refractivity contribution in [2.45, 2.75) is 51.6 Å². The molecule has 1 saturated heterocycles. The molecule has 0 radical (unpaired) electrons. The quantitative estimate of drug-likeness (QED) is 0.866. The van der Waals surface area contributed by atoms with E-state index in [0.29, 0.717) is 24.4 Å². The van der Waals surface area contributed by atoms with Crippen molar-refractivity contribution in [1.82, 2.24) is 15.5 Å². The predicted molar refractivity (Wildman–Crippen MR) is 97.9 cm³/mol. The van der Waals surface area contributed by atoms with E-state index in [9.17, 15) is 14.0 Å². The fourth-order valence-electron chi connectivity index (χ4n) is 4.33. The van der Waals surface area contributed by atoms with Gasteiger partial charge in [0.15, 0.2) is 0 Å². The highest BCUT2D eigenvalue weighted by Gasteiger charge is 2.39. The van der Waals surface area contributed by atoms with Crippen LogP contribution in [0, 0.1) is 17.7 Å². The Bertz CT molecular complexity index is 634. The molecule has 3 atom stereocenters. The van der Waals surface area contributed by atoms with Gasteiger partial charge in [0.2, 0.25) is 5.91 Å². The standard InChI is InChI=1S/C20H28FN3O2/c1-14-10-11-24(18-5-3-2-4-17(14)18)19(25)13-23-20(26)22-12-15-6-8-16(21)9-7-15/h6-9,14,17-18H,2-5,10-13H2,1H3,(H2,22,23,26)/t14-,17-,18+/m1/s1. The maximum Gasteiger partial charge on any atom is 0.315 e. The average molecular weight is 361 g/mol. The highest BCUT2D eigenvalue weighted by Crippen LogP contribution is 2.38. The van der Waals surface area contributed by atoms with E-state index in [1.54, 1.807) is 12.1 Å². The molecule has 1 saturated carbocycles. The minimum absolute atomic E-state index is 0.00531. The molecule has 1 aromatic rings. The number of amides is 3. The second-order valence-electron chi connectivity index (χ2n) is 7.53. The zero-order chi connectivity index (χ0) is 18.5. The lowest BCUT2D eigenvalue weighted by Crippen LogP contribution is -2.55. The third kappa shape index (κ3) is 4.54. The normalized spacial score (nSPS) is 25.3. The van der Waals surface area contributed by atoms with Crippen LogP contribution in [-0.4, -0.2) is 36.0 Å². The molecule has 1 aliphatic heterocycles. The van der Waals surface area contributed by atoms with Crippen LogP contribution in [0.25, 0.3) is 0 Å². The zero-order valence-corrected chi connectivity index (χ0v) is 15.3. The van der Waals surface area contributed by atoms with Crippen molar-refractivity contribution >= 4 is 11.9 Å². The van der Waals surface area contributed by atoms with Gasteiger partial charge in [0, 0.05) is 19.1 Å². The summed E-state index contributed by atoms with van der Waals surface area (Å²) < 4.78 is 12.9. The molecule has 1 aliphatic carbocycles. The van der Waals surface area contributed by atoms with Crippen LogP contribution < -0.4 is 10.6 Å². The van der Waals surface area contributed by atoms with Crippen LogP contribution in [0.1, 0.15) is 44.6 Å². The Kier molecular flexibility index (Phi) is 6.12. The number of carbonyl (C=O) groups is 2. The van der Waals surface area contributed by atoms with E-state index in [1.807, 2.05) is 4.90 Å². The number of benzene rings is 1. The molecule has 0 spiro atoms. The maximum absolute atomic E-state index is 12.9. The summed E-state index contributed by atoms with van der Waals surface area (Å²) in [6, 6.07) is 5.92. The van der Waals surface area contributed by atoms with Crippen LogP contribution in [0.3, 0.4) is 0 Å². The number of nitrogens with one attached hydrogen (secondary N) is 2. The number of halogens is 1. The van der Waals surface area contributed by atoms with Gasteiger partial charge in [-0.3, -0.25) is 4.79 Å². The Labute approximate surface area is 154 Å². The number of hydrogen-bond donors (Lipinski definition) is 2. The summed E-state index contributed by atoms with van der Waals surface area (Å²) >= 11 is 0. The first-order chi connectivity index (χ1) is 12.5.